The first-order chi connectivity index (χ1) is 11.5. The minimum Gasteiger partial charge on any atom is -0.425 e. The maximum Gasteiger partial charge on any atom is 0.223 e. The van der Waals surface area contributed by atoms with Gasteiger partial charge >= 0.3 is 0 Å². The van der Waals surface area contributed by atoms with E-state index >= 15 is 0 Å². The summed E-state index contributed by atoms with van der Waals surface area (Å²) in [4.78, 5) is 23.2. The Balaban J connectivity index is 1.63. The molecule has 0 bridgehead atoms. The molecule has 0 unspecified atom stereocenters. The highest BCUT2D eigenvalue weighted by Gasteiger charge is 2.30. The molecule has 7 nitrogen and oxygen atoms in total. The van der Waals surface area contributed by atoms with E-state index < -0.39 is 0 Å². The van der Waals surface area contributed by atoms with Gasteiger partial charge in [-0.05, 0) is 25.8 Å². The SMILES string of the molecule is Cc1nccc([C@@H]2CCCN2C(=O)CCc2nnc(C(C)C)o2)n1. The standard InChI is InChI=1S/C17H23N5O2/c1-11(2)17-21-20-15(24-17)6-7-16(23)22-10-4-5-14(22)13-8-9-18-12(3)19-13/h8-9,11,14H,4-7,10H2,1-3H3/t14-/m0/s1. The maximum atomic E-state index is 12.6. The third-order valence-electron chi connectivity index (χ3n) is 4.24. The number of aryl methyl sites for hydroxylation is 2. The highest BCUT2D eigenvalue weighted by molar-refractivity contribution is 5.77. The number of hydrogen-bond donors (Lipinski definition) is 0. The van der Waals surface area contributed by atoms with Crippen LogP contribution < -0.4 is 0 Å². The van der Waals surface area contributed by atoms with Gasteiger partial charge in [-0.3, -0.25) is 4.79 Å². The van der Waals surface area contributed by atoms with E-state index in [4.69, 9.17) is 4.42 Å². The van der Waals surface area contributed by atoms with Crippen molar-refractivity contribution in [3.8, 4) is 0 Å². The molecule has 128 valence electrons. The molecule has 3 heterocycles. The van der Waals surface area contributed by atoms with E-state index in [2.05, 4.69) is 20.2 Å². The van der Waals surface area contributed by atoms with Crippen molar-refractivity contribution in [2.75, 3.05) is 6.54 Å². The van der Waals surface area contributed by atoms with E-state index in [0.717, 1.165) is 30.9 Å². The van der Waals surface area contributed by atoms with E-state index in [-0.39, 0.29) is 17.9 Å². The third-order valence-corrected chi connectivity index (χ3v) is 4.24. The van der Waals surface area contributed by atoms with Crippen LogP contribution in [0, 0.1) is 6.92 Å². The van der Waals surface area contributed by atoms with E-state index in [0.29, 0.717) is 24.6 Å². The lowest BCUT2D eigenvalue weighted by molar-refractivity contribution is -0.132. The molecular weight excluding hydrogens is 306 g/mol. The molecule has 0 saturated carbocycles. The van der Waals surface area contributed by atoms with E-state index in [1.165, 1.54) is 0 Å². The molecule has 7 heteroatoms. The van der Waals surface area contributed by atoms with Gasteiger partial charge in [0.15, 0.2) is 0 Å². The molecule has 1 saturated heterocycles. The second-order valence-electron chi connectivity index (χ2n) is 6.46. The van der Waals surface area contributed by atoms with Gasteiger partial charge in [-0.2, -0.15) is 0 Å². The molecule has 1 aliphatic heterocycles. The molecule has 2 aromatic heterocycles. The van der Waals surface area contributed by atoms with Gasteiger partial charge in [0.1, 0.15) is 5.82 Å². The fourth-order valence-electron chi connectivity index (χ4n) is 2.99. The van der Waals surface area contributed by atoms with E-state index in [9.17, 15) is 4.79 Å². The fraction of sp³-hybridized carbons (Fsp3) is 0.588. The third kappa shape index (κ3) is 3.60. The summed E-state index contributed by atoms with van der Waals surface area (Å²) in [5.41, 5.74) is 0.924. The summed E-state index contributed by atoms with van der Waals surface area (Å²) in [7, 11) is 0. The summed E-state index contributed by atoms with van der Waals surface area (Å²) in [6.45, 7) is 6.64. The molecule has 0 aromatic carbocycles. The molecule has 1 aliphatic rings. The van der Waals surface area contributed by atoms with Crippen LogP contribution in [0.5, 0.6) is 0 Å². The Morgan fingerprint density at radius 1 is 1.42 bits per heavy atom. The second-order valence-corrected chi connectivity index (χ2v) is 6.46. The van der Waals surface area contributed by atoms with Gasteiger partial charge in [-0.25, -0.2) is 9.97 Å². The van der Waals surface area contributed by atoms with Crippen LogP contribution in [0.15, 0.2) is 16.7 Å². The minimum atomic E-state index is 0.0492. The summed E-state index contributed by atoms with van der Waals surface area (Å²) in [5.74, 6) is 2.19. The zero-order valence-corrected chi connectivity index (χ0v) is 14.4. The second kappa shape index (κ2) is 7.07. The number of nitrogens with zero attached hydrogens (tertiary/aromatic N) is 5. The molecule has 0 spiro atoms. The van der Waals surface area contributed by atoms with Crippen LogP contribution >= 0.6 is 0 Å². The van der Waals surface area contributed by atoms with Crippen molar-refractivity contribution in [2.24, 2.45) is 0 Å². The van der Waals surface area contributed by atoms with Crippen molar-refractivity contribution < 1.29 is 9.21 Å². The zero-order chi connectivity index (χ0) is 17.1. The van der Waals surface area contributed by atoms with Crippen molar-refractivity contribution in [3.05, 3.63) is 35.6 Å². The summed E-state index contributed by atoms with van der Waals surface area (Å²) in [6, 6.07) is 1.95. The summed E-state index contributed by atoms with van der Waals surface area (Å²) in [6.07, 6.45) is 4.55. The lowest BCUT2D eigenvalue weighted by atomic mass is 10.1. The number of carbonyl (C=O) groups is 1. The first kappa shape index (κ1) is 16.5. The Morgan fingerprint density at radius 2 is 2.25 bits per heavy atom. The Morgan fingerprint density at radius 3 is 2.96 bits per heavy atom. The Kier molecular flexibility index (Phi) is 4.87. The lowest BCUT2D eigenvalue weighted by Crippen LogP contribution is -2.31. The summed E-state index contributed by atoms with van der Waals surface area (Å²) < 4.78 is 5.57. The highest BCUT2D eigenvalue weighted by Crippen LogP contribution is 2.31. The first-order valence-electron chi connectivity index (χ1n) is 8.46. The minimum absolute atomic E-state index is 0.0492. The van der Waals surface area contributed by atoms with Crippen LogP contribution in [0.25, 0.3) is 0 Å². The van der Waals surface area contributed by atoms with Crippen LogP contribution in [0.4, 0.5) is 0 Å². The normalized spacial score (nSPS) is 17.7. The molecule has 1 atom stereocenters. The van der Waals surface area contributed by atoms with Gasteiger partial charge in [-0.1, -0.05) is 13.8 Å². The van der Waals surface area contributed by atoms with Crippen LogP contribution in [-0.4, -0.2) is 37.5 Å². The van der Waals surface area contributed by atoms with Gasteiger partial charge in [0, 0.05) is 31.5 Å². The van der Waals surface area contributed by atoms with Crippen LogP contribution in [0.1, 0.15) is 68.4 Å². The molecule has 1 fully saturated rings. The van der Waals surface area contributed by atoms with Crippen LogP contribution in [0.3, 0.4) is 0 Å². The van der Waals surface area contributed by atoms with E-state index in [1.54, 1.807) is 6.20 Å². The average Bonchev–Trinajstić information content (AvgIpc) is 3.22. The number of amides is 1. The predicted molar refractivity (Wildman–Crippen MR) is 87.2 cm³/mol. The number of carbonyl (C=O) groups excluding carboxylic acids is 1. The molecular formula is C17H23N5O2. The van der Waals surface area contributed by atoms with Crippen molar-refractivity contribution in [3.63, 3.8) is 0 Å². The molecule has 0 radical (unpaired) electrons. The van der Waals surface area contributed by atoms with Gasteiger partial charge in [-0.15, -0.1) is 10.2 Å². The van der Waals surface area contributed by atoms with Crippen molar-refractivity contribution in [1.29, 1.82) is 0 Å². The molecule has 24 heavy (non-hydrogen) atoms. The molecule has 3 rings (SSSR count). The monoisotopic (exact) mass is 329 g/mol. The maximum absolute atomic E-state index is 12.6. The Hall–Kier alpha value is -2.31. The molecule has 0 aliphatic carbocycles. The van der Waals surface area contributed by atoms with E-state index in [1.807, 2.05) is 31.7 Å². The smallest absolute Gasteiger partial charge is 0.223 e. The van der Waals surface area contributed by atoms with Crippen LogP contribution in [-0.2, 0) is 11.2 Å². The molecule has 0 N–H and O–H groups in total. The number of aromatic nitrogens is 4. The van der Waals surface area contributed by atoms with Crippen LogP contribution in [0.2, 0.25) is 0 Å². The molecule has 2 aromatic rings. The lowest BCUT2D eigenvalue weighted by Gasteiger charge is -2.24. The number of rotatable bonds is 5. The van der Waals surface area contributed by atoms with Crippen molar-refractivity contribution in [2.45, 2.75) is 58.4 Å². The predicted octanol–water partition coefficient (Wildman–Crippen LogP) is 2.59. The topological polar surface area (TPSA) is 85.0 Å². The molecule has 1 amide bonds. The van der Waals surface area contributed by atoms with Crippen molar-refractivity contribution >= 4 is 5.91 Å². The Labute approximate surface area is 141 Å². The summed E-state index contributed by atoms with van der Waals surface area (Å²) >= 11 is 0. The number of hydrogen-bond acceptors (Lipinski definition) is 6. The summed E-state index contributed by atoms with van der Waals surface area (Å²) in [5, 5.41) is 8.02. The Bertz CT molecular complexity index is 713. The average molecular weight is 329 g/mol. The largest absolute Gasteiger partial charge is 0.425 e. The quantitative estimate of drug-likeness (QED) is 0.838. The number of likely N-dealkylation sites (tertiary alicyclic amines) is 1. The van der Waals surface area contributed by atoms with Gasteiger partial charge in [0.05, 0.1) is 11.7 Å². The van der Waals surface area contributed by atoms with Gasteiger partial charge in [0.2, 0.25) is 17.7 Å². The van der Waals surface area contributed by atoms with Gasteiger partial charge in [0.25, 0.3) is 0 Å². The highest BCUT2D eigenvalue weighted by atomic mass is 16.4. The fourth-order valence-corrected chi connectivity index (χ4v) is 2.99. The first-order valence-corrected chi connectivity index (χ1v) is 8.46. The zero-order valence-electron chi connectivity index (χ0n) is 14.4. The van der Waals surface area contributed by atoms with Crippen molar-refractivity contribution in [1.82, 2.24) is 25.1 Å². The van der Waals surface area contributed by atoms with Gasteiger partial charge < -0.3 is 9.32 Å².